The molecule has 0 spiro atoms. The van der Waals surface area contributed by atoms with Crippen molar-refractivity contribution < 1.29 is 19.1 Å². The monoisotopic (exact) mass is 421 g/mol. The van der Waals surface area contributed by atoms with Crippen molar-refractivity contribution in [3.05, 3.63) is 62.7 Å². The lowest BCUT2D eigenvalue weighted by molar-refractivity contribution is 0.0590. The van der Waals surface area contributed by atoms with Crippen LogP contribution in [0.5, 0.6) is 5.75 Å². The molecular formula is C22H28ClNO5. The van der Waals surface area contributed by atoms with E-state index in [4.69, 9.17) is 20.8 Å². The number of unbranched alkanes of at least 4 members (excludes halogenated alkanes) is 1. The van der Waals surface area contributed by atoms with E-state index in [0.717, 1.165) is 24.7 Å². The Kier molecular flexibility index (Phi) is 7.88. The summed E-state index contributed by atoms with van der Waals surface area (Å²) in [6.45, 7) is 7.89. The van der Waals surface area contributed by atoms with Gasteiger partial charge >= 0.3 is 0 Å². The molecule has 0 aliphatic heterocycles. The van der Waals surface area contributed by atoms with Crippen LogP contribution in [0.2, 0.25) is 5.02 Å². The Morgan fingerprint density at radius 2 is 2.07 bits per heavy atom. The summed E-state index contributed by atoms with van der Waals surface area (Å²) in [6, 6.07) is 7.08. The van der Waals surface area contributed by atoms with E-state index in [1.54, 1.807) is 39.0 Å². The molecule has 29 heavy (non-hydrogen) atoms. The summed E-state index contributed by atoms with van der Waals surface area (Å²) >= 11 is 5.96. The third-order valence-corrected chi connectivity index (χ3v) is 4.62. The molecule has 1 unspecified atom stereocenters. The van der Waals surface area contributed by atoms with Crippen LogP contribution in [-0.2, 0) is 6.54 Å². The Balaban J connectivity index is 2.32. The molecule has 0 aliphatic rings. The molecule has 2 rings (SSSR count). The predicted molar refractivity (Wildman–Crippen MR) is 112 cm³/mol. The first kappa shape index (κ1) is 23.0. The van der Waals surface area contributed by atoms with E-state index in [0.29, 0.717) is 5.02 Å². The summed E-state index contributed by atoms with van der Waals surface area (Å²) in [6.07, 6.45) is 1.66. The van der Waals surface area contributed by atoms with Crippen molar-refractivity contribution in [3.8, 4) is 5.75 Å². The van der Waals surface area contributed by atoms with Gasteiger partial charge in [0.25, 0.3) is 5.91 Å². The van der Waals surface area contributed by atoms with Crippen LogP contribution in [0.1, 0.15) is 68.3 Å². The van der Waals surface area contributed by atoms with Crippen molar-refractivity contribution in [1.29, 1.82) is 0 Å². The summed E-state index contributed by atoms with van der Waals surface area (Å²) in [5.74, 6) is -0.966. The third kappa shape index (κ3) is 6.08. The summed E-state index contributed by atoms with van der Waals surface area (Å²) in [5.41, 5.74) is -0.245. The van der Waals surface area contributed by atoms with Crippen molar-refractivity contribution in [3.63, 3.8) is 0 Å². The highest BCUT2D eigenvalue weighted by Crippen LogP contribution is 2.32. The minimum atomic E-state index is -1.06. The van der Waals surface area contributed by atoms with E-state index in [2.05, 4.69) is 5.32 Å². The molecule has 0 saturated heterocycles. The second-order valence-electron chi connectivity index (χ2n) is 7.96. The fourth-order valence-corrected chi connectivity index (χ4v) is 2.85. The van der Waals surface area contributed by atoms with E-state index in [1.807, 2.05) is 13.0 Å². The first-order chi connectivity index (χ1) is 13.6. The van der Waals surface area contributed by atoms with Crippen molar-refractivity contribution in [2.75, 3.05) is 6.61 Å². The lowest BCUT2D eigenvalue weighted by Crippen LogP contribution is -2.29. The molecule has 158 valence electrons. The van der Waals surface area contributed by atoms with Gasteiger partial charge in [-0.05, 0) is 29.5 Å². The van der Waals surface area contributed by atoms with Gasteiger partial charge in [0.2, 0.25) is 16.9 Å². The Morgan fingerprint density at radius 1 is 1.34 bits per heavy atom. The number of amides is 1. The van der Waals surface area contributed by atoms with Gasteiger partial charge < -0.3 is 19.6 Å². The molecule has 0 fully saturated rings. The zero-order valence-electron chi connectivity index (χ0n) is 17.3. The molecule has 0 saturated carbocycles. The summed E-state index contributed by atoms with van der Waals surface area (Å²) < 4.78 is 11.1. The quantitative estimate of drug-likeness (QED) is 0.613. The van der Waals surface area contributed by atoms with Gasteiger partial charge in [0, 0.05) is 11.6 Å². The minimum Gasteiger partial charge on any atom is -0.486 e. The number of carbonyl (C=O) groups excluding carboxylic acids is 1. The van der Waals surface area contributed by atoms with E-state index < -0.39 is 22.9 Å². The summed E-state index contributed by atoms with van der Waals surface area (Å²) in [4.78, 5) is 25.6. The fraction of sp³-hybridized carbons (Fsp3) is 0.455. The van der Waals surface area contributed by atoms with E-state index in [1.165, 1.54) is 0 Å². The molecular weight excluding hydrogens is 394 g/mol. The van der Waals surface area contributed by atoms with Crippen LogP contribution in [0.25, 0.3) is 0 Å². The first-order valence-electron chi connectivity index (χ1n) is 9.64. The highest BCUT2D eigenvalue weighted by atomic mass is 35.5. The zero-order chi connectivity index (χ0) is 21.6. The zero-order valence-corrected chi connectivity index (χ0v) is 18.0. The van der Waals surface area contributed by atoms with Crippen molar-refractivity contribution in [2.45, 2.75) is 53.2 Å². The second-order valence-corrected chi connectivity index (χ2v) is 8.40. The molecule has 0 bridgehead atoms. The van der Waals surface area contributed by atoms with Gasteiger partial charge in [0.1, 0.15) is 6.26 Å². The number of halogens is 1. The van der Waals surface area contributed by atoms with Crippen LogP contribution in [0, 0.1) is 5.41 Å². The topological polar surface area (TPSA) is 88.8 Å². The standard InChI is InChI=1S/C22H28ClNO5/c1-5-6-10-28-18-17(25)16(20(26)22(2,3)4)13-29-19(18)21(27)24-12-14-8-7-9-15(23)11-14/h7-9,11,13,20,26H,5-6,10,12H2,1-4H3,(H,24,27). The first-order valence-corrected chi connectivity index (χ1v) is 10.0. The average molecular weight is 422 g/mol. The van der Waals surface area contributed by atoms with Crippen molar-refractivity contribution in [2.24, 2.45) is 5.41 Å². The second kappa shape index (κ2) is 9.94. The molecule has 2 aromatic rings. The van der Waals surface area contributed by atoms with Gasteiger partial charge in [-0.1, -0.05) is 57.8 Å². The molecule has 7 heteroatoms. The van der Waals surface area contributed by atoms with Gasteiger partial charge in [0.05, 0.1) is 18.3 Å². The van der Waals surface area contributed by atoms with E-state index in [9.17, 15) is 14.7 Å². The smallest absolute Gasteiger partial charge is 0.291 e. The largest absolute Gasteiger partial charge is 0.486 e. The highest BCUT2D eigenvalue weighted by molar-refractivity contribution is 6.30. The van der Waals surface area contributed by atoms with Gasteiger partial charge in [-0.15, -0.1) is 0 Å². The lowest BCUT2D eigenvalue weighted by Gasteiger charge is -2.25. The molecule has 6 nitrogen and oxygen atoms in total. The lowest BCUT2D eigenvalue weighted by atomic mass is 9.85. The van der Waals surface area contributed by atoms with Gasteiger partial charge in [0.15, 0.2) is 0 Å². The molecule has 0 radical (unpaired) electrons. The molecule has 1 atom stereocenters. The van der Waals surface area contributed by atoms with Crippen LogP contribution >= 0.6 is 11.6 Å². The maximum atomic E-state index is 13.0. The summed E-state index contributed by atoms with van der Waals surface area (Å²) in [5, 5.41) is 13.8. The number of nitrogens with one attached hydrogen (secondary N) is 1. The van der Waals surface area contributed by atoms with Crippen LogP contribution < -0.4 is 15.5 Å². The maximum Gasteiger partial charge on any atom is 0.291 e. The Bertz CT molecular complexity index is 901. The number of aliphatic hydroxyl groups is 1. The van der Waals surface area contributed by atoms with Crippen LogP contribution in [0.4, 0.5) is 0 Å². The third-order valence-electron chi connectivity index (χ3n) is 4.39. The predicted octanol–water partition coefficient (Wildman–Crippen LogP) is 4.48. The van der Waals surface area contributed by atoms with Gasteiger partial charge in [-0.2, -0.15) is 0 Å². The number of ether oxygens (including phenoxy) is 1. The van der Waals surface area contributed by atoms with Gasteiger partial charge in [-0.25, -0.2) is 0 Å². The molecule has 1 aromatic carbocycles. The maximum absolute atomic E-state index is 13.0. The Morgan fingerprint density at radius 3 is 2.69 bits per heavy atom. The molecule has 0 aliphatic carbocycles. The number of benzene rings is 1. The average Bonchev–Trinajstić information content (AvgIpc) is 2.66. The Hall–Kier alpha value is -2.31. The van der Waals surface area contributed by atoms with Crippen molar-refractivity contribution in [1.82, 2.24) is 5.32 Å². The number of hydrogen-bond acceptors (Lipinski definition) is 5. The van der Waals surface area contributed by atoms with Crippen LogP contribution in [0.15, 0.2) is 39.7 Å². The van der Waals surface area contributed by atoms with Crippen LogP contribution in [0.3, 0.4) is 0 Å². The molecule has 1 aromatic heterocycles. The van der Waals surface area contributed by atoms with E-state index in [-0.39, 0.29) is 30.2 Å². The van der Waals surface area contributed by atoms with Gasteiger partial charge in [-0.3, -0.25) is 9.59 Å². The number of rotatable bonds is 8. The fourth-order valence-electron chi connectivity index (χ4n) is 2.63. The minimum absolute atomic E-state index is 0.0652. The number of aliphatic hydroxyl groups excluding tert-OH is 1. The van der Waals surface area contributed by atoms with E-state index >= 15 is 0 Å². The number of carbonyl (C=O) groups is 1. The normalized spacial score (nSPS) is 12.5. The molecule has 2 N–H and O–H groups in total. The Labute approximate surface area is 175 Å². The highest BCUT2D eigenvalue weighted by Gasteiger charge is 2.30. The van der Waals surface area contributed by atoms with Crippen molar-refractivity contribution >= 4 is 17.5 Å². The molecule has 1 heterocycles. The number of hydrogen-bond donors (Lipinski definition) is 2. The summed E-state index contributed by atoms with van der Waals surface area (Å²) in [7, 11) is 0. The van der Waals surface area contributed by atoms with Crippen LogP contribution in [-0.4, -0.2) is 17.6 Å². The SMILES string of the molecule is CCCCOc1c(C(=O)NCc2cccc(Cl)c2)occ(C(O)C(C)(C)C)c1=O. The molecule has 1 amide bonds.